The molecule has 100 valence electrons. The van der Waals surface area contributed by atoms with E-state index < -0.39 is 0 Å². The van der Waals surface area contributed by atoms with Gasteiger partial charge >= 0.3 is 0 Å². The number of hydrogen-bond acceptors (Lipinski definition) is 3. The zero-order valence-corrected chi connectivity index (χ0v) is 11.2. The van der Waals surface area contributed by atoms with Crippen LogP contribution in [0.4, 0.5) is 0 Å². The molecule has 0 bridgehead atoms. The first-order chi connectivity index (χ1) is 8.06. The predicted octanol–water partition coefficient (Wildman–Crippen LogP) is 1.29. The third kappa shape index (κ3) is 4.28. The first-order valence-corrected chi connectivity index (χ1v) is 6.71. The molecular formula is C13H26N2O2. The van der Waals surface area contributed by atoms with Crippen LogP contribution in [0.1, 0.15) is 40.0 Å². The Kier molecular flexibility index (Phi) is 5.92. The van der Waals surface area contributed by atoms with Gasteiger partial charge in [0.2, 0.25) is 5.91 Å². The van der Waals surface area contributed by atoms with Crippen molar-refractivity contribution in [1.29, 1.82) is 0 Å². The lowest BCUT2D eigenvalue weighted by Crippen LogP contribution is -2.48. The van der Waals surface area contributed by atoms with E-state index in [1.165, 1.54) is 0 Å². The molecule has 4 heteroatoms. The molecule has 1 rings (SSSR count). The molecule has 1 amide bonds. The number of rotatable bonds is 5. The quantitative estimate of drug-likeness (QED) is 0.763. The molecule has 17 heavy (non-hydrogen) atoms. The molecule has 0 aromatic rings. The number of carbonyl (C=O) groups excluding carboxylic acids is 1. The number of amides is 1. The van der Waals surface area contributed by atoms with E-state index in [1.54, 1.807) is 0 Å². The lowest BCUT2D eigenvalue weighted by atomic mass is 9.78. The van der Waals surface area contributed by atoms with E-state index in [4.69, 9.17) is 10.5 Å². The predicted molar refractivity (Wildman–Crippen MR) is 68.6 cm³/mol. The Hall–Kier alpha value is -0.610. The van der Waals surface area contributed by atoms with Crippen molar-refractivity contribution >= 4 is 5.91 Å². The second-order valence-electron chi connectivity index (χ2n) is 5.10. The van der Waals surface area contributed by atoms with Gasteiger partial charge in [-0.25, -0.2) is 0 Å². The number of hydrogen-bond donors (Lipinski definition) is 2. The normalized spacial score (nSPS) is 30.9. The van der Waals surface area contributed by atoms with Gasteiger partial charge < -0.3 is 15.8 Å². The standard InChI is InChI=1S/C13H26N2O2/c1-4-17-10(3)8-15-13(16)11-7-5-6-9(2)12(11)14/h9-12H,4-8,14H2,1-3H3,(H,15,16). The van der Waals surface area contributed by atoms with Crippen molar-refractivity contribution in [1.82, 2.24) is 5.32 Å². The van der Waals surface area contributed by atoms with Crippen LogP contribution in [-0.4, -0.2) is 31.2 Å². The van der Waals surface area contributed by atoms with Crippen LogP contribution < -0.4 is 11.1 Å². The fourth-order valence-corrected chi connectivity index (χ4v) is 2.47. The Morgan fingerprint density at radius 3 is 2.88 bits per heavy atom. The number of carbonyl (C=O) groups is 1. The monoisotopic (exact) mass is 242 g/mol. The summed E-state index contributed by atoms with van der Waals surface area (Å²) in [6.45, 7) is 7.30. The highest BCUT2D eigenvalue weighted by atomic mass is 16.5. The molecule has 1 saturated carbocycles. The lowest BCUT2D eigenvalue weighted by Gasteiger charge is -2.33. The summed E-state index contributed by atoms with van der Waals surface area (Å²) < 4.78 is 5.38. The van der Waals surface area contributed by atoms with Crippen LogP contribution in [-0.2, 0) is 9.53 Å². The second kappa shape index (κ2) is 6.97. The maximum Gasteiger partial charge on any atom is 0.224 e. The van der Waals surface area contributed by atoms with Gasteiger partial charge in [0.05, 0.1) is 12.0 Å². The van der Waals surface area contributed by atoms with Crippen molar-refractivity contribution < 1.29 is 9.53 Å². The van der Waals surface area contributed by atoms with Crippen molar-refractivity contribution in [3.05, 3.63) is 0 Å². The topological polar surface area (TPSA) is 64.3 Å². The first kappa shape index (κ1) is 14.5. The molecule has 0 aromatic carbocycles. The average molecular weight is 242 g/mol. The van der Waals surface area contributed by atoms with Crippen LogP contribution in [0.15, 0.2) is 0 Å². The highest BCUT2D eigenvalue weighted by Crippen LogP contribution is 2.27. The van der Waals surface area contributed by atoms with Crippen molar-refractivity contribution in [2.45, 2.75) is 52.2 Å². The van der Waals surface area contributed by atoms with Gasteiger partial charge in [0.25, 0.3) is 0 Å². The highest BCUT2D eigenvalue weighted by molar-refractivity contribution is 5.79. The summed E-state index contributed by atoms with van der Waals surface area (Å²) in [5.41, 5.74) is 6.10. The summed E-state index contributed by atoms with van der Waals surface area (Å²) in [7, 11) is 0. The van der Waals surface area contributed by atoms with E-state index >= 15 is 0 Å². The molecule has 3 N–H and O–H groups in total. The van der Waals surface area contributed by atoms with E-state index in [2.05, 4.69) is 12.2 Å². The smallest absolute Gasteiger partial charge is 0.224 e. The van der Waals surface area contributed by atoms with E-state index in [1.807, 2.05) is 13.8 Å². The molecule has 0 spiro atoms. The van der Waals surface area contributed by atoms with Gasteiger partial charge in [0.15, 0.2) is 0 Å². The van der Waals surface area contributed by atoms with Gasteiger partial charge in [-0.2, -0.15) is 0 Å². The number of ether oxygens (including phenoxy) is 1. The van der Waals surface area contributed by atoms with Gasteiger partial charge in [-0.15, -0.1) is 0 Å². The average Bonchev–Trinajstić information content (AvgIpc) is 2.30. The van der Waals surface area contributed by atoms with Crippen LogP contribution in [0, 0.1) is 11.8 Å². The van der Waals surface area contributed by atoms with Crippen molar-refractivity contribution in [3.8, 4) is 0 Å². The van der Waals surface area contributed by atoms with Crippen LogP contribution >= 0.6 is 0 Å². The minimum Gasteiger partial charge on any atom is -0.377 e. The minimum absolute atomic E-state index is 0.00569. The number of nitrogens with two attached hydrogens (primary N) is 1. The van der Waals surface area contributed by atoms with E-state index in [0.29, 0.717) is 19.1 Å². The maximum atomic E-state index is 12.0. The summed E-state index contributed by atoms with van der Waals surface area (Å²) in [5, 5.41) is 2.94. The first-order valence-electron chi connectivity index (χ1n) is 6.71. The minimum atomic E-state index is -0.0208. The van der Waals surface area contributed by atoms with Crippen LogP contribution in [0.3, 0.4) is 0 Å². The van der Waals surface area contributed by atoms with Crippen LogP contribution in [0.25, 0.3) is 0 Å². The Morgan fingerprint density at radius 1 is 1.53 bits per heavy atom. The zero-order chi connectivity index (χ0) is 12.8. The van der Waals surface area contributed by atoms with Crippen molar-refractivity contribution in [2.75, 3.05) is 13.2 Å². The summed E-state index contributed by atoms with van der Waals surface area (Å²) in [6.07, 6.45) is 3.23. The molecule has 0 aromatic heterocycles. The van der Waals surface area contributed by atoms with Gasteiger partial charge in [-0.05, 0) is 32.6 Å². The molecule has 4 unspecified atom stereocenters. The summed E-state index contributed by atoms with van der Waals surface area (Å²) in [5.74, 6) is 0.520. The number of nitrogens with one attached hydrogen (secondary N) is 1. The fraction of sp³-hybridized carbons (Fsp3) is 0.923. The Labute approximate surface area is 104 Å². The Balaban J connectivity index is 2.36. The molecule has 4 atom stereocenters. The van der Waals surface area contributed by atoms with E-state index in [0.717, 1.165) is 19.3 Å². The SMILES string of the molecule is CCOC(C)CNC(=O)C1CCCC(C)C1N. The maximum absolute atomic E-state index is 12.0. The third-order valence-corrected chi connectivity index (χ3v) is 3.65. The second-order valence-corrected chi connectivity index (χ2v) is 5.10. The van der Waals surface area contributed by atoms with E-state index in [-0.39, 0.29) is 24.0 Å². The fourth-order valence-electron chi connectivity index (χ4n) is 2.47. The summed E-state index contributed by atoms with van der Waals surface area (Å²) in [4.78, 5) is 12.0. The van der Waals surface area contributed by atoms with Gasteiger partial charge in [0.1, 0.15) is 0 Å². The molecular weight excluding hydrogens is 216 g/mol. The molecule has 0 aliphatic heterocycles. The molecule has 1 aliphatic rings. The lowest BCUT2D eigenvalue weighted by molar-refractivity contribution is -0.127. The molecule has 1 aliphatic carbocycles. The highest BCUT2D eigenvalue weighted by Gasteiger charge is 2.32. The Bertz CT molecular complexity index is 246. The molecule has 4 nitrogen and oxygen atoms in total. The van der Waals surface area contributed by atoms with E-state index in [9.17, 15) is 4.79 Å². The van der Waals surface area contributed by atoms with Gasteiger partial charge in [-0.3, -0.25) is 4.79 Å². The third-order valence-electron chi connectivity index (χ3n) is 3.65. The van der Waals surface area contributed by atoms with Gasteiger partial charge in [0, 0.05) is 19.2 Å². The van der Waals surface area contributed by atoms with Crippen LogP contribution in [0.5, 0.6) is 0 Å². The molecule has 0 saturated heterocycles. The molecule has 1 fully saturated rings. The largest absolute Gasteiger partial charge is 0.377 e. The van der Waals surface area contributed by atoms with Gasteiger partial charge in [-0.1, -0.05) is 13.3 Å². The van der Waals surface area contributed by atoms with Crippen molar-refractivity contribution in [2.24, 2.45) is 17.6 Å². The summed E-state index contributed by atoms with van der Waals surface area (Å²) in [6, 6.07) is 0.00569. The molecule has 0 radical (unpaired) electrons. The summed E-state index contributed by atoms with van der Waals surface area (Å²) >= 11 is 0. The van der Waals surface area contributed by atoms with Crippen LogP contribution in [0.2, 0.25) is 0 Å². The molecule has 0 heterocycles. The van der Waals surface area contributed by atoms with Crippen molar-refractivity contribution in [3.63, 3.8) is 0 Å². The zero-order valence-electron chi connectivity index (χ0n) is 11.2. The Morgan fingerprint density at radius 2 is 2.24 bits per heavy atom.